The van der Waals surface area contributed by atoms with Crippen LogP contribution in [0.2, 0.25) is 0 Å². The van der Waals surface area contributed by atoms with Gasteiger partial charge in [0.25, 0.3) is 0 Å². The summed E-state index contributed by atoms with van der Waals surface area (Å²) in [5.74, 6) is 0.906. The second-order valence-corrected chi connectivity index (χ2v) is 7.51. The van der Waals surface area contributed by atoms with Gasteiger partial charge in [0, 0.05) is 44.8 Å². The zero-order valence-electron chi connectivity index (χ0n) is 16.5. The maximum absolute atomic E-state index is 12.7. The minimum Gasteiger partial charge on any atom is -0.352 e. The molecular weight excluding hydrogens is 366 g/mol. The highest BCUT2D eigenvalue weighted by atomic mass is 16.2. The van der Waals surface area contributed by atoms with Crippen LogP contribution in [0.15, 0.2) is 42.5 Å². The molecule has 0 aliphatic carbocycles. The van der Waals surface area contributed by atoms with Crippen molar-refractivity contribution in [2.75, 3.05) is 44.2 Å². The monoisotopic (exact) mass is 393 g/mol. The first-order valence-electron chi connectivity index (χ1n) is 10.2. The zero-order valence-corrected chi connectivity index (χ0v) is 16.5. The molecule has 0 atom stereocenters. The molecule has 1 aromatic carbocycles. The number of piperidine rings is 1. The Morgan fingerprint density at radius 3 is 2.17 bits per heavy atom. The van der Waals surface area contributed by atoms with Gasteiger partial charge >= 0.3 is 6.03 Å². The van der Waals surface area contributed by atoms with Crippen LogP contribution in [0.4, 0.5) is 10.6 Å². The lowest BCUT2D eigenvalue weighted by atomic mass is 10.1. The normalized spacial score (nSPS) is 17.3. The van der Waals surface area contributed by atoms with Crippen molar-refractivity contribution in [2.24, 2.45) is 0 Å². The summed E-state index contributed by atoms with van der Waals surface area (Å²) in [4.78, 5) is 18.7. The molecule has 4 rings (SSSR count). The summed E-state index contributed by atoms with van der Waals surface area (Å²) >= 11 is 0. The van der Waals surface area contributed by atoms with Crippen LogP contribution in [0.3, 0.4) is 0 Å². The van der Waals surface area contributed by atoms with E-state index >= 15 is 0 Å². The summed E-state index contributed by atoms with van der Waals surface area (Å²) in [5, 5.41) is 21.1. The molecule has 8 heteroatoms. The van der Waals surface area contributed by atoms with E-state index in [2.05, 4.69) is 10.00 Å². The number of carbonyl (C=O) groups is 1. The van der Waals surface area contributed by atoms with Gasteiger partial charge in [0.1, 0.15) is 11.3 Å². The molecule has 0 radical (unpaired) electrons. The average Bonchev–Trinajstić information content (AvgIpc) is 2.80. The number of urea groups is 1. The fourth-order valence-electron chi connectivity index (χ4n) is 3.88. The van der Waals surface area contributed by atoms with E-state index in [1.165, 1.54) is 11.1 Å². The molecule has 152 valence electrons. The van der Waals surface area contributed by atoms with Crippen molar-refractivity contribution >= 4 is 17.7 Å². The summed E-state index contributed by atoms with van der Waals surface area (Å²) in [6.45, 7) is 4.46. The Labute approximate surface area is 170 Å². The quantitative estimate of drug-likeness (QED) is 0.603. The van der Waals surface area contributed by atoms with Crippen LogP contribution in [0.5, 0.6) is 0 Å². The summed E-state index contributed by atoms with van der Waals surface area (Å²) in [6.07, 6.45) is 3.41. The van der Waals surface area contributed by atoms with Crippen molar-refractivity contribution in [3.8, 4) is 0 Å². The van der Waals surface area contributed by atoms with Gasteiger partial charge in [0.05, 0.1) is 0 Å². The van der Waals surface area contributed by atoms with E-state index in [0.29, 0.717) is 31.7 Å². The van der Waals surface area contributed by atoms with Gasteiger partial charge in [-0.15, -0.1) is 5.10 Å². The van der Waals surface area contributed by atoms with Crippen LogP contribution in [-0.4, -0.2) is 70.7 Å². The largest absolute Gasteiger partial charge is 0.352 e. The summed E-state index contributed by atoms with van der Waals surface area (Å²) in [7, 11) is 0. The van der Waals surface area contributed by atoms with Crippen molar-refractivity contribution in [1.29, 1.82) is 10.8 Å². The predicted molar refractivity (Wildman–Crippen MR) is 111 cm³/mol. The van der Waals surface area contributed by atoms with Gasteiger partial charge in [-0.25, -0.2) is 4.79 Å². The maximum atomic E-state index is 12.7. The third-order valence-electron chi connectivity index (χ3n) is 5.58. The van der Waals surface area contributed by atoms with E-state index in [1.54, 1.807) is 6.07 Å². The second kappa shape index (κ2) is 8.46. The Balaban J connectivity index is 1.44. The van der Waals surface area contributed by atoms with E-state index in [1.807, 2.05) is 46.2 Å². The number of piperazine rings is 1. The van der Waals surface area contributed by atoms with Crippen molar-refractivity contribution in [3.05, 3.63) is 53.5 Å². The third-order valence-corrected chi connectivity index (χ3v) is 5.58. The standard InChI is InChI=1S/C21H27N7O/c22-18-9-10-19(24-28(18)20(23)17-7-3-1-4-8-17)25-13-15-27(16-14-25)21(29)26-11-5-2-6-12-26/h1,3-4,7-10,22-23H,2,5-6,11-16H2. The van der Waals surface area contributed by atoms with Crippen molar-refractivity contribution in [3.63, 3.8) is 0 Å². The molecule has 0 spiro atoms. The number of likely N-dealkylation sites (tertiary alicyclic amines) is 1. The maximum Gasteiger partial charge on any atom is 0.320 e. The lowest BCUT2D eigenvalue weighted by Crippen LogP contribution is -2.54. The van der Waals surface area contributed by atoms with Crippen LogP contribution in [-0.2, 0) is 0 Å². The molecule has 2 aliphatic rings. The molecule has 0 saturated carbocycles. The number of anilines is 1. The molecule has 29 heavy (non-hydrogen) atoms. The van der Waals surface area contributed by atoms with Crippen LogP contribution >= 0.6 is 0 Å². The Hall–Kier alpha value is -3.16. The smallest absolute Gasteiger partial charge is 0.320 e. The molecule has 2 amide bonds. The first-order chi connectivity index (χ1) is 14.1. The van der Waals surface area contributed by atoms with Gasteiger partial charge in [-0.05, 0) is 31.4 Å². The summed E-state index contributed by atoms with van der Waals surface area (Å²) < 4.78 is 1.36. The number of aromatic nitrogens is 2. The van der Waals surface area contributed by atoms with Gasteiger partial charge in [-0.1, -0.05) is 30.3 Å². The van der Waals surface area contributed by atoms with Gasteiger partial charge in [0.15, 0.2) is 5.84 Å². The van der Waals surface area contributed by atoms with E-state index < -0.39 is 0 Å². The number of carbonyl (C=O) groups excluding carboxylic acids is 1. The molecule has 0 bridgehead atoms. The minimum atomic E-state index is 0.153. The van der Waals surface area contributed by atoms with Gasteiger partial charge in [0.2, 0.25) is 0 Å². The number of hydrogen-bond acceptors (Lipinski definition) is 5. The molecule has 0 unspecified atom stereocenters. The van der Waals surface area contributed by atoms with Gasteiger partial charge < -0.3 is 14.7 Å². The Bertz CT molecular complexity index is 926. The first kappa shape index (κ1) is 19.2. The molecular formula is C21H27N7O. The average molecular weight is 393 g/mol. The number of nitrogens with one attached hydrogen (secondary N) is 2. The molecule has 2 fully saturated rings. The number of amides is 2. The van der Waals surface area contributed by atoms with Crippen molar-refractivity contribution < 1.29 is 4.79 Å². The van der Waals surface area contributed by atoms with E-state index in [0.717, 1.165) is 31.7 Å². The van der Waals surface area contributed by atoms with Gasteiger partial charge in [-0.3, -0.25) is 10.8 Å². The molecule has 2 aromatic rings. The fourth-order valence-corrected chi connectivity index (χ4v) is 3.88. The van der Waals surface area contributed by atoms with Crippen molar-refractivity contribution in [2.45, 2.75) is 19.3 Å². The highest BCUT2D eigenvalue weighted by molar-refractivity contribution is 5.97. The predicted octanol–water partition coefficient (Wildman–Crippen LogP) is 1.96. The van der Waals surface area contributed by atoms with E-state index in [-0.39, 0.29) is 17.4 Å². The van der Waals surface area contributed by atoms with E-state index in [4.69, 9.17) is 10.8 Å². The summed E-state index contributed by atoms with van der Waals surface area (Å²) in [6, 6.07) is 13.0. The van der Waals surface area contributed by atoms with Crippen LogP contribution in [0, 0.1) is 10.8 Å². The topological polar surface area (TPSA) is 92.3 Å². The highest BCUT2D eigenvalue weighted by Gasteiger charge is 2.26. The molecule has 2 saturated heterocycles. The van der Waals surface area contributed by atoms with Crippen molar-refractivity contribution in [1.82, 2.24) is 19.6 Å². The lowest BCUT2D eigenvalue weighted by molar-refractivity contribution is 0.141. The number of hydrogen-bond donors (Lipinski definition) is 2. The van der Waals surface area contributed by atoms with Crippen LogP contribution in [0.25, 0.3) is 0 Å². The Kier molecular flexibility index (Phi) is 5.59. The number of rotatable bonds is 2. The molecule has 2 aliphatic heterocycles. The van der Waals surface area contributed by atoms with Gasteiger partial charge in [-0.2, -0.15) is 4.68 Å². The second-order valence-electron chi connectivity index (χ2n) is 7.51. The minimum absolute atomic E-state index is 0.153. The molecule has 2 N–H and O–H groups in total. The Morgan fingerprint density at radius 1 is 0.828 bits per heavy atom. The van der Waals surface area contributed by atoms with Crippen LogP contribution < -0.4 is 10.4 Å². The van der Waals surface area contributed by atoms with E-state index in [9.17, 15) is 4.79 Å². The lowest BCUT2D eigenvalue weighted by Gasteiger charge is -2.39. The number of benzene rings is 1. The molecule has 1 aromatic heterocycles. The highest BCUT2D eigenvalue weighted by Crippen LogP contribution is 2.16. The molecule has 3 heterocycles. The fraction of sp³-hybridized carbons (Fsp3) is 0.429. The SMILES string of the molecule is N=C(c1ccccc1)n1nc(N2CCN(C(=O)N3CCCCC3)CC2)ccc1=N. The third kappa shape index (κ3) is 4.16. The molecule has 8 nitrogen and oxygen atoms in total. The number of nitrogens with zero attached hydrogens (tertiary/aromatic N) is 5. The van der Waals surface area contributed by atoms with Crippen LogP contribution in [0.1, 0.15) is 24.8 Å². The summed E-state index contributed by atoms with van der Waals surface area (Å²) in [5.41, 5.74) is 0.883. The zero-order chi connectivity index (χ0) is 20.2. The Morgan fingerprint density at radius 2 is 1.48 bits per heavy atom. The first-order valence-corrected chi connectivity index (χ1v) is 10.2.